The van der Waals surface area contributed by atoms with E-state index in [2.05, 4.69) is 29.0 Å². The Labute approximate surface area is 97.6 Å². The third kappa shape index (κ3) is 9.21. The van der Waals surface area contributed by atoms with Crippen molar-refractivity contribution in [1.29, 1.82) is 0 Å². The molecule has 3 nitrogen and oxygen atoms in total. The summed E-state index contributed by atoms with van der Waals surface area (Å²) in [5.41, 5.74) is 6.76. The Morgan fingerprint density at radius 3 is 2.31 bits per heavy atom. The molecular weight excluding hydrogens is 202 g/mol. The van der Waals surface area contributed by atoms with Crippen LogP contribution in [0.3, 0.4) is 0 Å². The first kappa shape index (κ1) is 14.6. The maximum atomic E-state index is 9.82. The van der Waals surface area contributed by atoms with E-state index < -0.39 is 0 Å². The molecule has 1 aromatic rings. The third-order valence-electron chi connectivity index (χ3n) is 1.86. The monoisotopic (exact) mass is 223 g/mol. The van der Waals surface area contributed by atoms with Gasteiger partial charge < -0.3 is 10.5 Å². The summed E-state index contributed by atoms with van der Waals surface area (Å²) in [5.74, 6) is -0.211. The van der Waals surface area contributed by atoms with Gasteiger partial charge in [-0.25, -0.2) is 0 Å². The van der Waals surface area contributed by atoms with Gasteiger partial charge >= 0.3 is 5.97 Å². The SMILES string of the molecule is CCOC(C)=O.NCCCc1ccccc1. The van der Waals surface area contributed by atoms with Crippen molar-refractivity contribution in [3.8, 4) is 0 Å². The normalized spacial score (nSPS) is 8.94. The molecule has 0 bridgehead atoms. The molecule has 0 unspecified atom stereocenters. The number of esters is 1. The lowest BCUT2D eigenvalue weighted by Gasteiger charge is -1.96. The molecule has 2 N–H and O–H groups in total. The van der Waals surface area contributed by atoms with Crippen molar-refractivity contribution in [2.45, 2.75) is 26.7 Å². The van der Waals surface area contributed by atoms with Crippen LogP contribution < -0.4 is 5.73 Å². The fraction of sp³-hybridized carbons (Fsp3) is 0.462. The average Bonchev–Trinajstić information content (AvgIpc) is 2.28. The zero-order chi connectivity index (χ0) is 12.2. The number of rotatable bonds is 4. The standard InChI is InChI=1S/C9H13N.C4H8O2/c10-8-4-7-9-5-2-1-3-6-9;1-3-6-4(2)5/h1-3,5-6H,4,7-8,10H2;3H2,1-2H3. The molecule has 0 aliphatic heterocycles. The highest BCUT2D eigenvalue weighted by Crippen LogP contribution is 2.00. The number of nitrogens with two attached hydrogens (primary N) is 1. The predicted molar refractivity (Wildman–Crippen MR) is 66.1 cm³/mol. The molecule has 0 amide bonds. The molecule has 0 saturated carbocycles. The molecule has 1 aromatic carbocycles. The van der Waals surface area contributed by atoms with Crippen LogP contribution in [0.15, 0.2) is 30.3 Å². The fourth-order valence-electron chi connectivity index (χ4n) is 1.15. The molecule has 0 aliphatic rings. The average molecular weight is 223 g/mol. The van der Waals surface area contributed by atoms with Gasteiger partial charge in [0.05, 0.1) is 6.61 Å². The highest BCUT2D eigenvalue weighted by Gasteiger charge is 1.87. The maximum Gasteiger partial charge on any atom is 0.302 e. The Hall–Kier alpha value is -1.35. The Kier molecular flexibility index (Phi) is 9.32. The zero-order valence-corrected chi connectivity index (χ0v) is 10.1. The molecule has 0 spiro atoms. The number of carbonyl (C=O) groups excluding carboxylic acids is 1. The van der Waals surface area contributed by atoms with Gasteiger partial charge in [0.25, 0.3) is 0 Å². The van der Waals surface area contributed by atoms with Crippen LogP contribution in [0.4, 0.5) is 0 Å². The number of carbonyl (C=O) groups is 1. The van der Waals surface area contributed by atoms with Gasteiger partial charge in [-0.2, -0.15) is 0 Å². The summed E-state index contributed by atoms with van der Waals surface area (Å²) in [7, 11) is 0. The van der Waals surface area contributed by atoms with Gasteiger partial charge in [-0.05, 0) is 31.9 Å². The van der Waals surface area contributed by atoms with Crippen LogP contribution in [0.2, 0.25) is 0 Å². The number of ether oxygens (including phenoxy) is 1. The molecule has 0 aliphatic carbocycles. The van der Waals surface area contributed by atoms with Crippen molar-refractivity contribution >= 4 is 5.97 Å². The molecule has 1 rings (SSSR count). The highest BCUT2D eigenvalue weighted by atomic mass is 16.5. The number of hydrogen-bond donors (Lipinski definition) is 1. The van der Waals surface area contributed by atoms with Gasteiger partial charge in [0.1, 0.15) is 0 Å². The van der Waals surface area contributed by atoms with Crippen LogP contribution in [0.25, 0.3) is 0 Å². The van der Waals surface area contributed by atoms with E-state index in [0.29, 0.717) is 6.61 Å². The summed E-state index contributed by atoms with van der Waals surface area (Å²) >= 11 is 0. The van der Waals surface area contributed by atoms with E-state index in [0.717, 1.165) is 19.4 Å². The third-order valence-corrected chi connectivity index (χ3v) is 1.86. The van der Waals surface area contributed by atoms with Gasteiger partial charge in [0.2, 0.25) is 0 Å². The molecule has 0 fully saturated rings. The van der Waals surface area contributed by atoms with Crippen molar-refractivity contribution < 1.29 is 9.53 Å². The van der Waals surface area contributed by atoms with E-state index in [9.17, 15) is 4.79 Å². The largest absolute Gasteiger partial charge is 0.466 e. The smallest absolute Gasteiger partial charge is 0.302 e. The second-order valence-electron chi connectivity index (χ2n) is 3.30. The van der Waals surface area contributed by atoms with Crippen molar-refractivity contribution in [3.63, 3.8) is 0 Å². The van der Waals surface area contributed by atoms with Crippen LogP contribution in [0, 0.1) is 0 Å². The molecular formula is C13H21NO2. The second-order valence-corrected chi connectivity index (χ2v) is 3.30. The van der Waals surface area contributed by atoms with Crippen LogP contribution in [-0.2, 0) is 16.0 Å². The number of hydrogen-bond acceptors (Lipinski definition) is 3. The van der Waals surface area contributed by atoms with E-state index in [4.69, 9.17) is 5.73 Å². The summed E-state index contributed by atoms with van der Waals surface area (Å²) in [6.07, 6.45) is 2.20. The van der Waals surface area contributed by atoms with Crippen LogP contribution in [0.1, 0.15) is 25.8 Å². The van der Waals surface area contributed by atoms with Crippen molar-refractivity contribution in [1.82, 2.24) is 0 Å². The van der Waals surface area contributed by atoms with E-state index in [1.807, 2.05) is 6.07 Å². The Morgan fingerprint density at radius 2 is 1.94 bits per heavy atom. The van der Waals surface area contributed by atoms with Gasteiger partial charge in [-0.1, -0.05) is 30.3 Å². The van der Waals surface area contributed by atoms with Crippen molar-refractivity contribution in [2.75, 3.05) is 13.2 Å². The minimum absolute atomic E-state index is 0.211. The zero-order valence-electron chi connectivity index (χ0n) is 10.1. The Balaban J connectivity index is 0.000000325. The molecule has 0 atom stereocenters. The lowest BCUT2D eigenvalue weighted by molar-refractivity contribution is -0.140. The summed E-state index contributed by atoms with van der Waals surface area (Å²) in [4.78, 5) is 9.82. The Bertz CT molecular complexity index is 273. The van der Waals surface area contributed by atoms with E-state index in [-0.39, 0.29) is 5.97 Å². The van der Waals surface area contributed by atoms with Crippen molar-refractivity contribution in [3.05, 3.63) is 35.9 Å². The molecule has 0 saturated heterocycles. The lowest BCUT2D eigenvalue weighted by atomic mass is 10.1. The summed E-state index contributed by atoms with van der Waals surface area (Å²) in [6, 6.07) is 10.4. The van der Waals surface area contributed by atoms with Crippen LogP contribution in [-0.4, -0.2) is 19.1 Å². The van der Waals surface area contributed by atoms with Gasteiger partial charge in [-0.15, -0.1) is 0 Å². The van der Waals surface area contributed by atoms with Crippen LogP contribution in [0.5, 0.6) is 0 Å². The summed E-state index contributed by atoms with van der Waals surface area (Å²) < 4.78 is 4.40. The van der Waals surface area contributed by atoms with E-state index in [1.165, 1.54) is 12.5 Å². The van der Waals surface area contributed by atoms with E-state index in [1.54, 1.807) is 6.92 Å². The molecule has 90 valence electrons. The van der Waals surface area contributed by atoms with Gasteiger partial charge in [0.15, 0.2) is 0 Å². The first-order valence-electron chi connectivity index (χ1n) is 5.58. The molecule has 16 heavy (non-hydrogen) atoms. The quantitative estimate of drug-likeness (QED) is 0.796. The fourth-order valence-corrected chi connectivity index (χ4v) is 1.15. The Morgan fingerprint density at radius 1 is 1.31 bits per heavy atom. The lowest BCUT2D eigenvalue weighted by Crippen LogP contribution is -1.99. The predicted octanol–water partition coefficient (Wildman–Crippen LogP) is 2.15. The second kappa shape index (κ2) is 10.2. The number of aryl methyl sites for hydroxylation is 1. The summed E-state index contributed by atoms with van der Waals surface area (Å²) in [6.45, 7) is 4.44. The topological polar surface area (TPSA) is 52.3 Å². The first-order valence-corrected chi connectivity index (χ1v) is 5.58. The van der Waals surface area contributed by atoms with Gasteiger partial charge in [-0.3, -0.25) is 4.79 Å². The number of benzene rings is 1. The molecule has 3 heteroatoms. The molecule has 0 aromatic heterocycles. The van der Waals surface area contributed by atoms with E-state index >= 15 is 0 Å². The van der Waals surface area contributed by atoms with Gasteiger partial charge in [0, 0.05) is 6.92 Å². The van der Waals surface area contributed by atoms with Crippen LogP contribution >= 0.6 is 0 Å². The summed E-state index contributed by atoms with van der Waals surface area (Å²) in [5, 5.41) is 0. The van der Waals surface area contributed by atoms with Crippen molar-refractivity contribution in [2.24, 2.45) is 5.73 Å². The maximum absolute atomic E-state index is 9.82. The minimum Gasteiger partial charge on any atom is -0.466 e. The first-order chi connectivity index (χ1) is 7.70. The minimum atomic E-state index is -0.211. The highest BCUT2D eigenvalue weighted by molar-refractivity contribution is 5.65. The molecule has 0 heterocycles. The molecule has 0 radical (unpaired) electrons.